The van der Waals surface area contributed by atoms with Crippen LogP contribution in [0.2, 0.25) is 9.36 Å². The average Bonchev–Trinajstić information content (AvgIpc) is 3.20. The molecule has 0 radical (unpaired) electrons. The number of aromatic nitrogens is 2. The molecule has 1 atom stereocenters. The molecule has 3 rings (SSSR count). The van der Waals surface area contributed by atoms with Crippen LogP contribution in [0.15, 0.2) is 24.3 Å². The maximum absolute atomic E-state index is 6.32. The molecule has 1 heterocycles. The van der Waals surface area contributed by atoms with E-state index in [0.29, 0.717) is 10.4 Å². The summed E-state index contributed by atoms with van der Waals surface area (Å²) < 4.78 is 4.59. The van der Waals surface area contributed by atoms with Crippen molar-refractivity contribution in [3.63, 3.8) is 0 Å². The fourth-order valence-electron chi connectivity index (χ4n) is 2.45. The Bertz CT molecular complexity index is 598. The fourth-order valence-corrected chi connectivity index (χ4v) is 3.35. The van der Waals surface area contributed by atoms with Crippen LogP contribution in [0.4, 0.5) is 0 Å². The quantitative estimate of drug-likeness (QED) is 0.805. The van der Waals surface area contributed by atoms with Crippen LogP contribution in [0.1, 0.15) is 37.1 Å². The second-order valence-corrected chi connectivity index (χ2v) is 6.86. The molecule has 1 aliphatic carbocycles. The van der Waals surface area contributed by atoms with Crippen molar-refractivity contribution in [2.45, 2.75) is 38.4 Å². The van der Waals surface area contributed by atoms with E-state index in [1.165, 1.54) is 24.4 Å². The number of benzene rings is 1. The zero-order chi connectivity index (χ0) is 14.1. The molecule has 20 heavy (non-hydrogen) atoms. The van der Waals surface area contributed by atoms with Crippen molar-refractivity contribution in [3.8, 4) is 0 Å². The van der Waals surface area contributed by atoms with Gasteiger partial charge in [-0.3, -0.25) is 4.90 Å². The molecule has 3 nitrogen and oxygen atoms in total. The Morgan fingerprint density at radius 3 is 2.70 bits per heavy atom. The minimum Gasteiger partial charge on any atom is -0.288 e. The highest BCUT2D eigenvalue weighted by atomic mass is 35.5. The summed E-state index contributed by atoms with van der Waals surface area (Å²) in [7, 11) is 0. The summed E-state index contributed by atoms with van der Waals surface area (Å²) in [4.78, 5) is 2.42. The van der Waals surface area contributed by atoms with Crippen LogP contribution in [0, 0.1) is 0 Å². The van der Waals surface area contributed by atoms with Gasteiger partial charge in [0.2, 0.25) is 0 Å². The molecule has 1 aromatic carbocycles. The fraction of sp³-hybridized carbons (Fsp3) is 0.429. The predicted octanol–water partition coefficient (Wildman–Crippen LogP) is 4.57. The topological polar surface area (TPSA) is 29.0 Å². The van der Waals surface area contributed by atoms with Gasteiger partial charge in [0.05, 0.1) is 0 Å². The monoisotopic (exact) mass is 327 g/mol. The molecule has 0 bridgehead atoms. The first-order valence-electron chi connectivity index (χ1n) is 6.63. The Labute approximate surface area is 132 Å². The number of rotatable bonds is 5. The third-order valence-corrected chi connectivity index (χ3v) is 5.04. The molecule has 106 valence electrons. The highest BCUT2D eigenvalue weighted by Gasteiger charge is 2.34. The van der Waals surface area contributed by atoms with Crippen LogP contribution in [0.25, 0.3) is 0 Å². The number of hydrogen-bond donors (Lipinski definition) is 0. The minimum absolute atomic E-state index is 0.244. The van der Waals surface area contributed by atoms with Gasteiger partial charge in [0.1, 0.15) is 10.0 Å². The summed E-state index contributed by atoms with van der Waals surface area (Å²) in [5.41, 5.74) is 2.02. The molecule has 1 fully saturated rings. The van der Waals surface area contributed by atoms with Gasteiger partial charge in [-0.15, -0.1) is 5.10 Å². The minimum atomic E-state index is 0.244. The van der Waals surface area contributed by atoms with Gasteiger partial charge in [0, 0.05) is 35.2 Å². The van der Waals surface area contributed by atoms with Crippen molar-refractivity contribution >= 4 is 34.7 Å². The maximum Gasteiger partial charge on any atom is 0.138 e. The van der Waals surface area contributed by atoms with Crippen LogP contribution < -0.4 is 0 Å². The van der Waals surface area contributed by atoms with Crippen molar-refractivity contribution in [2.24, 2.45) is 0 Å². The maximum atomic E-state index is 6.32. The Kier molecular flexibility index (Phi) is 4.26. The Hall–Kier alpha value is -0.680. The normalized spacial score (nSPS) is 16.6. The van der Waals surface area contributed by atoms with Crippen molar-refractivity contribution < 1.29 is 0 Å². The van der Waals surface area contributed by atoms with Gasteiger partial charge in [0.15, 0.2) is 0 Å². The van der Waals surface area contributed by atoms with E-state index in [0.717, 1.165) is 22.8 Å². The zero-order valence-electron chi connectivity index (χ0n) is 11.1. The second-order valence-electron chi connectivity index (χ2n) is 5.09. The molecule has 1 aliphatic rings. The van der Waals surface area contributed by atoms with E-state index in [9.17, 15) is 0 Å². The largest absolute Gasteiger partial charge is 0.288 e. The molecular formula is C14H15Cl2N3S. The molecule has 0 amide bonds. The molecule has 0 aliphatic heterocycles. The van der Waals surface area contributed by atoms with Crippen LogP contribution in [0.3, 0.4) is 0 Å². The third-order valence-electron chi connectivity index (χ3n) is 3.71. The molecule has 2 aromatic rings. The Morgan fingerprint density at radius 1 is 1.35 bits per heavy atom. The summed E-state index contributed by atoms with van der Waals surface area (Å²) in [6, 6.07) is 8.86. The summed E-state index contributed by atoms with van der Waals surface area (Å²) in [6.07, 6.45) is 2.45. The second kappa shape index (κ2) is 5.98. The first-order chi connectivity index (χ1) is 9.66. The summed E-state index contributed by atoms with van der Waals surface area (Å²) in [5.74, 6) is 0. The Balaban J connectivity index is 1.84. The highest BCUT2D eigenvalue weighted by molar-refractivity contribution is 7.10. The van der Waals surface area contributed by atoms with E-state index in [1.54, 1.807) is 0 Å². The van der Waals surface area contributed by atoms with Gasteiger partial charge >= 0.3 is 0 Å². The smallest absolute Gasteiger partial charge is 0.138 e. The van der Waals surface area contributed by atoms with Crippen LogP contribution in [-0.2, 0) is 6.54 Å². The molecule has 1 aromatic heterocycles. The van der Waals surface area contributed by atoms with Crippen LogP contribution in [0.5, 0.6) is 0 Å². The lowest BCUT2D eigenvalue weighted by Gasteiger charge is -2.29. The zero-order valence-corrected chi connectivity index (χ0v) is 13.4. The molecule has 1 saturated carbocycles. The predicted molar refractivity (Wildman–Crippen MR) is 83.4 cm³/mol. The van der Waals surface area contributed by atoms with Crippen molar-refractivity contribution in [1.29, 1.82) is 0 Å². The van der Waals surface area contributed by atoms with Crippen molar-refractivity contribution in [2.75, 3.05) is 0 Å². The van der Waals surface area contributed by atoms with E-state index in [1.807, 2.05) is 18.2 Å². The standard InChI is InChI=1S/C14H15Cl2N3S/c1-9(11-4-2-3-5-12(11)15)19(10-6-7-10)8-13-14(16)20-18-17-13/h2-5,9-10H,6-8H2,1H3. The molecule has 6 heteroatoms. The molecule has 0 N–H and O–H groups in total. The molecule has 0 saturated heterocycles. The molecular weight excluding hydrogens is 313 g/mol. The van der Waals surface area contributed by atoms with Crippen LogP contribution >= 0.6 is 34.7 Å². The third kappa shape index (κ3) is 2.98. The highest BCUT2D eigenvalue weighted by Crippen LogP contribution is 2.38. The Morgan fingerprint density at radius 2 is 2.10 bits per heavy atom. The van der Waals surface area contributed by atoms with Crippen molar-refractivity contribution in [3.05, 3.63) is 44.9 Å². The van der Waals surface area contributed by atoms with E-state index in [2.05, 4.69) is 27.5 Å². The first-order valence-corrected chi connectivity index (χ1v) is 8.16. The lowest BCUT2D eigenvalue weighted by atomic mass is 10.1. The lowest BCUT2D eigenvalue weighted by Crippen LogP contribution is -2.29. The lowest BCUT2D eigenvalue weighted by molar-refractivity contribution is 0.188. The van der Waals surface area contributed by atoms with E-state index >= 15 is 0 Å². The number of halogens is 2. The van der Waals surface area contributed by atoms with Gasteiger partial charge < -0.3 is 0 Å². The van der Waals surface area contributed by atoms with Gasteiger partial charge in [-0.05, 0) is 31.4 Å². The number of hydrogen-bond acceptors (Lipinski definition) is 4. The molecule has 1 unspecified atom stereocenters. The van der Waals surface area contributed by atoms with Gasteiger partial charge in [-0.25, -0.2) is 0 Å². The van der Waals surface area contributed by atoms with Gasteiger partial charge in [-0.2, -0.15) is 0 Å². The number of nitrogens with zero attached hydrogens (tertiary/aromatic N) is 3. The average molecular weight is 328 g/mol. The van der Waals surface area contributed by atoms with Crippen molar-refractivity contribution in [1.82, 2.24) is 14.5 Å². The van der Waals surface area contributed by atoms with E-state index in [4.69, 9.17) is 23.2 Å². The van der Waals surface area contributed by atoms with E-state index < -0.39 is 0 Å². The first kappa shape index (κ1) is 14.3. The summed E-state index contributed by atoms with van der Waals surface area (Å²) >= 11 is 13.7. The SMILES string of the molecule is CC(c1ccccc1Cl)N(Cc1nnsc1Cl)C1CC1. The van der Waals surface area contributed by atoms with Crippen LogP contribution in [-0.4, -0.2) is 20.5 Å². The van der Waals surface area contributed by atoms with Gasteiger partial charge in [0.25, 0.3) is 0 Å². The molecule has 0 spiro atoms. The van der Waals surface area contributed by atoms with Gasteiger partial charge in [-0.1, -0.05) is 45.9 Å². The van der Waals surface area contributed by atoms with E-state index in [-0.39, 0.29) is 6.04 Å². The summed E-state index contributed by atoms with van der Waals surface area (Å²) in [5, 5.41) is 4.94. The summed E-state index contributed by atoms with van der Waals surface area (Å²) in [6.45, 7) is 2.92.